The molecule has 2 aromatic heterocycles. The van der Waals surface area contributed by atoms with E-state index in [-0.39, 0.29) is 5.56 Å². The molecule has 0 bridgehead atoms. The molecular formula is C15H14ClN5OS. The van der Waals surface area contributed by atoms with Crippen LogP contribution in [0.2, 0.25) is 5.02 Å². The van der Waals surface area contributed by atoms with E-state index < -0.39 is 0 Å². The van der Waals surface area contributed by atoms with Crippen molar-refractivity contribution in [2.75, 3.05) is 0 Å². The quantitative estimate of drug-likeness (QED) is 0.734. The summed E-state index contributed by atoms with van der Waals surface area (Å²) in [4.78, 5) is 19.5. The molecule has 4 rings (SSSR count). The summed E-state index contributed by atoms with van der Waals surface area (Å²) in [7, 11) is 0. The fourth-order valence-corrected chi connectivity index (χ4v) is 3.66. The highest BCUT2D eigenvalue weighted by molar-refractivity contribution is 7.98. The van der Waals surface area contributed by atoms with Gasteiger partial charge in [-0.2, -0.15) is 0 Å². The fourth-order valence-electron chi connectivity index (χ4n) is 2.56. The Morgan fingerprint density at radius 3 is 3.00 bits per heavy atom. The Kier molecular flexibility index (Phi) is 3.61. The van der Waals surface area contributed by atoms with E-state index in [0.29, 0.717) is 33.5 Å². The number of nitrogens with zero attached hydrogens (tertiary/aromatic N) is 4. The Bertz CT molecular complexity index is 947. The Hall–Kier alpha value is -1.86. The van der Waals surface area contributed by atoms with Crippen molar-refractivity contribution in [3.05, 3.63) is 45.2 Å². The molecular weight excluding hydrogens is 334 g/mol. The average molecular weight is 348 g/mol. The summed E-state index contributed by atoms with van der Waals surface area (Å²) in [6, 6.07) is 5.66. The van der Waals surface area contributed by atoms with Gasteiger partial charge in [-0.1, -0.05) is 23.4 Å². The summed E-state index contributed by atoms with van der Waals surface area (Å²) >= 11 is 7.46. The van der Waals surface area contributed by atoms with Gasteiger partial charge in [-0.15, -0.1) is 10.2 Å². The standard InChI is InChI=1S/C15H14ClN5OS/c1-8-19-20-15(21(8)10-3-4-10)23-7-13-17-12-5-2-9(16)6-11(12)14(22)18-13/h2,5-6,10H,3-4,7H2,1H3,(H,17,18,22). The molecule has 0 atom stereocenters. The Balaban J connectivity index is 1.61. The maximum atomic E-state index is 12.2. The lowest BCUT2D eigenvalue weighted by atomic mass is 10.2. The maximum absolute atomic E-state index is 12.2. The lowest BCUT2D eigenvalue weighted by molar-refractivity contribution is 0.644. The van der Waals surface area contributed by atoms with Crippen LogP contribution in [0.3, 0.4) is 0 Å². The number of H-pyrrole nitrogens is 1. The van der Waals surface area contributed by atoms with E-state index in [1.54, 1.807) is 30.0 Å². The van der Waals surface area contributed by atoms with E-state index in [2.05, 4.69) is 24.7 Å². The minimum atomic E-state index is -0.173. The number of thioether (sulfide) groups is 1. The monoisotopic (exact) mass is 347 g/mol. The molecule has 0 amide bonds. The Morgan fingerprint density at radius 2 is 2.22 bits per heavy atom. The van der Waals surface area contributed by atoms with Crippen LogP contribution in [0.1, 0.15) is 30.5 Å². The third-order valence-corrected chi connectivity index (χ3v) is 4.99. The molecule has 2 heterocycles. The molecule has 3 aromatic rings. The first kappa shape index (κ1) is 14.7. The number of hydrogen-bond acceptors (Lipinski definition) is 5. The zero-order valence-corrected chi connectivity index (χ0v) is 14.0. The molecule has 118 valence electrons. The zero-order valence-electron chi connectivity index (χ0n) is 12.4. The van der Waals surface area contributed by atoms with Gasteiger partial charge in [0, 0.05) is 11.1 Å². The first-order valence-electron chi connectivity index (χ1n) is 7.34. The van der Waals surface area contributed by atoms with Crippen molar-refractivity contribution in [2.45, 2.75) is 36.7 Å². The van der Waals surface area contributed by atoms with Crippen molar-refractivity contribution in [1.29, 1.82) is 0 Å². The number of benzene rings is 1. The highest BCUT2D eigenvalue weighted by Crippen LogP contribution is 2.38. The molecule has 0 saturated heterocycles. The number of halogens is 1. The van der Waals surface area contributed by atoms with Gasteiger partial charge in [0.1, 0.15) is 11.6 Å². The van der Waals surface area contributed by atoms with E-state index in [9.17, 15) is 4.79 Å². The number of aromatic amines is 1. The first-order valence-corrected chi connectivity index (χ1v) is 8.71. The van der Waals surface area contributed by atoms with Crippen molar-refractivity contribution < 1.29 is 0 Å². The largest absolute Gasteiger partial charge is 0.309 e. The lowest BCUT2D eigenvalue weighted by Crippen LogP contribution is -2.11. The van der Waals surface area contributed by atoms with Crippen LogP contribution in [0.15, 0.2) is 28.2 Å². The molecule has 0 unspecified atom stereocenters. The lowest BCUT2D eigenvalue weighted by Gasteiger charge is -2.06. The highest BCUT2D eigenvalue weighted by Gasteiger charge is 2.28. The second-order valence-corrected chi connectivity index (χ2v) is 6.97. The van der Waals surface area contributed by atoms with Gasteiger partial charge in [0.2, 0.25) is 0 Å². The number of aromatic nitrogens is 5. The third kappa shape index (κ3) is 2.86. The van der Waals surface area contributed by atoms with Gasteiger partial charge in [0.05, 0.1) is 16.7 Å². The SMILES string of the molecule is Cc1nnc(SCc2nc3ccc(Cl)cc3c(=O)[nH]2)n1C1CC1. The van der Waals surface area contributed by atoms with Gasteiger partial charge in [0.25, 0.3) is 5.56 Å². The molecule has 8 heteroatoms. The van der Waals surface area contributed by atoms with Gasteiger partial charge < -0.3 is 9.55 Å². The number of aryl methyl sites for hydroxylation is 1. The molecule has 1 fully saturated rings. The van der Waals surface area contributed by atoms with Crippen LogP contribution in [0, 0.1) is 6.92 Å². The molecule has 0 radical (unpaired) electrons. The van der Waals surface area contributed by atoms with Crippen LogP contribution in [-0.2, 0) is 5.75 Å². The minimum Gasteiger partial charge on any atom is -0.309 e. The molecule has 1 N–H and O–H groups in total. The van der Waals surface area contributed by atoms with Crippen LogP contribution in [0.25, 0.3) is 10.9 Å². The van der Waals surface area contributed by atoms with Crippen LogP contribution < -0.4 is 5.56 Å². The summed E-state index contributed by atoms with van der Waals surface area (Å²) in [5.74, 6) is 2.10. The Labute approximate surface area is 141 Å². The summed E-state index contributed by atoms with van der Waals surface area (Å²) in [6.07, 6.45) is 2.36. The van der Waals surface area contributed by atoms with E-state index >= 15 is 0 Å². The number of fused-ring (bicyclic) bond motifs is 1. The van der Waals surface area contributed by atoms with E-state index in [4.69, 9.17) is 11.6 Å². The Morgan fingerprint density at radius 1 is 1.39 bits per heavy atom. The molecule has 1 aliphatic carbocycles. The second-order valence-electron chi connectivity index (χ2n) is 5.59. The van der Waals surface area contributed by atoms with Crippen molar-refractivity contribution in [3.63, 3.8) is 0 Å². The molecule has 0 aliphatic heterocycles. The zero-order chi connectivity index (χ0) is 16.0. The fraction of sp³-hybridized carbons (Fsp3) is 0.333. The number of rotatable bonds is 4. The average Bonchev–Trinajstić information content (AvgIpc) is 3.29. The first-order chi connectivity index (χ1) is 11.1. The molecule has 0 spiro atoms. The van der Waals surface area contributed by atoms with Gasteiger partial charge in [-0.05, 0) is 38.0 Å². The summed E-state index contributed by atoms with van der Waals surface area (Å²) < 4.78 is 2.17. The van der Waals surface area contributed by atoms with Gasteiger partial charge in [-0.25, -0.2) is 4.98 Å². The second kappa shape index (κ2) is 5.65. The number of hydrogen-bond donors (Lipinski definition) is 1. The maximum Gasteiger partial charge on any atom is 0.258 e. The number of nitrogens with one attached hydrogen (secondary N) is 1. The highest BCUT2D eigenvalue weighted by atomic mass is 35.5. The van der Waals surface area contributed by atoms with Crippen LogP contribution in [-0.4, -0.2) is 24.7 Å². The molecule has 1 aliphatic rings. The normalized spacial score (nSPS) is 14.5. The summed E-state index contributed by atoms with van der Waals surface area (Å²) in [5.41, 5.74) is 0.474. The van der Waals surface area contributed by atoms with E-state index in [1.807, 2.05) is 6.92 Å². The topological polar surface area (TPSA) is 76.5 Å². The van der Waals surface area contributed by atoms with Gasteiger partial charge in [0.15, 0.2) is 5.16 Å². The smallest absolute Gasteiger partial charge is 0.258 e. The van der Waals surface area contributed by atoms with Crippen LogP contribution >= 0.6 is 23.4 Å². The van der Waals surface area contributed by atoms with Crippen LogP contribution in [0.4, 0.5) is 0 Å². The van der Waals surface area contributed by atoms with Gasteiger partial charge in [-0.3, -0.25) is 4.79 Å². The predicted molar refractivity (Wildman–Crippen MR) is 90.0 cm³/mol. The van der Waals surface area contributed by atoms with E-state index in [1.165, 1.54) is 12.8 Å². The third-order valence-electron chi connectivity index (χ3n) is 3.80. The van der Waals surface area contributed by atoms with Crippen molar-refractivity contribution in [3.8, 4) is 0 Å². The minimum absolute atomic E-state index is 0.173. The summed E-state index contributed by atoms with van der Waals surface area (Å²) in [5, 5.41) is 10.3. The molecule has 1 saturated carbocycles. The predicted octanol–water partition coefficient (Wildman–Crippen LogP) is 3.10. The van der Waals surface area contributed by atoms with Crippen molar-refractivity contribution >= 4 is 34.3 Å². The molecule has 1 aromatic carbocycles. The molecule has 23 heavy (non-hydrogen) atoms. The van der Waals surface area contributed by atoms with Crippen molar-refractivity contribution in [2.24, 2.45) is 0 Å². The molecule has 6 nitrogen and oxygen atoms in total. The van der Waals surface area contributed by atoms with E-state index in [0.717, 1.165) is 11.0 Å². The van der Waals surface area contributed by atoms with Crippen molar-refractivity contribution in [1.82, 2.24) is 24.7 Å². The van der Waals surface area contributed by atoms with Gasteiger partial charge >= 0.3 is 0 Å². The van der Waals surface area contributed by atoms with Crippen LogP contribution in [0.5, 0.6) is 0 Å². The summed E-state index contributed by atoms with van der Waals surface area (Å²) in [6.45, 7) is 1.97.